The van der Waals surface area contributed by atoms with Gasteiger partial charge in [0.2, 0.25) is 0 Å². The fourth-order valence-corrected chi connectivity index (χ4v) is 3.75. The van der Waals surface area contributed by atoms with Gasteiger partial charge in [-0.15, -0.1) is 0 Å². The summed E-state index contributed by atoms with van der Waals surface area (Å²) in [4.78, 5) is 11.1. The van der Waals surface area contributed by atoms with E-state index in [1.54, 1.807) is 0 Å². The van der Waals surface area contributed by atoms with Gasteiger partial charge in [0, 0.05) is 5.54 Å². The summed E-state index contributed by atoms with van der Waals surface area (Å²) >= 11 is 0. The van der Waals surface area contributed by atoms with Crippen LogP contribution in [0, 0.1) is 11.3 Å². The zero-order valence-corrected chi connectivity index (χ0v) is 11.7. The standard InChI is InChI=1S/C14H27NO2/c1-5-6-15-14(9-12(16)17)8-11(2)7-13(3,4)10-14/h11,15H,5-10H2,1-4H3,(H,16,17). The molecule has 1 aliphatic carbocycles. The first-order valence-corrected chi connectivity index (χ1v) is 6.75. The third-order valence-electron chi connectivity index (χ3n) is 3.70. The molecule has 17 heavy (non-hydrogen) atoms. The van der Waals surface area contributed by atoms with Crippen LogP contribution in [0.2, 0.25) is 0 Å². The molecule has 0 aromatic rings. The molecule has 0 aromatic heterocycles. The van der Waals surface area contributed by atoms with Gasteiger partial charge in [0.25, 0.3) is 0 Å². The van der Waals surface area contributed by atoms with Gasteiger partial charge in [-0.1, -0.05) is 27.7 Å². The summed E-state index contributed by atoms with van der Waals surface area (Å²) in [5, 5.41) is 12.7. The lowest BCUT2D eigenvalue weighted by molar-refractivity contribution is -0.139. The Morgan fingerprint density at radius 1 is 1.41 bits per heavy atom. The van der Waals surface area contributed by atoms with Gasteiger partial charge in [-0.3, -0.25) is 4.79 Å². The molecular weight excluding hydrogens is 214 g/mol. The summed E-state index contributed by atoms with van der Waals surface area (Å²) in [6, 6.07) is 0. The second-order valence-electron chi connectivity index (χ2n) is 6.63. The summed E-state index contributed by atoms with van der Waals surface area (Å²) in [5.74, 6) is -0.0824. The van der Waals surface area contributed by atoms with Crippen molar-refractivity contribution in [2.75, 3.05) is 6.54 Å². The van der Waals surface area contributed by atoms with Crippen molar-refractivity contribution in [1.29, 1.82) is 0 Å². The smallest absolute Gasteiger partial charge is 0.305 e. The normalized spacial score (nSPS) is 32.4. The number of hydrogen-bond acceptors (Lipinski definition) is 2. The number of carboxylic acid groups (broad SMARTS) is 1. The molecule has 1 fully saturated rings. The van der Waals surface area contributed by atoms with E-state index in [1.807, 2.05) is 0 Å². The molecule has 0 bridgehead atoms. The van der Waals surface area contributed by atoms with Gasteiger partial charge in [0.05, 0.1) is 6.42 Å². The molecule has 0 aliphatic heterocycles. The first kappa shape index (κ1) is 14.5. The molecule has 2 unspecified atom stereocenters. The Balaban J connectivity index is 2.83. The Hall–Kier alpha value is -0.570. The first-order valence-electron chi connectivity index (χ1n) is 6.75. The number of hydrogen-bond donors (Lipinski definition) is 2. The van der Waals surface area contributed by atoms with E-state index in [9.17, 15) is 4.79 Å². The van der Waals surface area contributed by atoms with Crippen molar-refractivity contribution in [3.63, 3.8) is 0 Å². The number of carboxylic acids is 1. The lowest BCUT2D eigenvalue weighted by Crippen LogP contribution is -2.54. The van der Waals surface area contributed by atoms with E-state index < -0.39 is 5.97 Å². The predicted octanol–water partition coefficient (Wildman–Crippen LogP) is 3.05. The molecule has 1 aliphatic rings. The van der Waals surface area contributed by atoms with Crippen LogP contribution in [0.15, 0.2) is 0 Å². The molecule has 2 N–H and O–H groups in total. The van der Waals surface area contributed by atoms with Crippen molar-refractivity contribution in [1.82, 2.24) is 5.32 Å². The molecule has 1 saturated carbocycles. The fraction of sp³-hybridized carbons (Fsp3) is 0.929. The largest absolute Gasteiger partial charge is 0.481 e. The third-order valence-corrected chi connectivity index (χ3v) is 3.70. The summed E-state index contributed by atoms with van der Waals surface area (Å²) in [5.41, 5.74) is 0.0524. The number of carbonyl (C=O) groups is 1. The molecule has 0 saturated heterocycles. The molecule has 0 spiro atoms. The summed E-state index contributed by atoms with van der Waals surface area (Å²) < 4.78 is 0. The highest BCUT2D eigenvalue weighted by atomic mass is 16.4. The highest BCUT2D eigenvalue weighted by molar-refractivity contribution is 5.68. The van der Waals surface area contributed by atoms with Crippen molar-refractivity contribution in [3.8, 4) is 0 Å². The van der Waals surface area contributed by atoms with Crippen LogP contribution in [0.4, 0.5) is 0 Å². The van der Waals surface area contributed by atoms with Gasteiger partial charge < -0.3 is 10.4 Å². The zero-order chi connectivity index (χ0) is 13.1. The van der Waals surface area contributed by atoms with Gasteiger partial charge >= 0.3 is 5.97 Å². The van der Waals surface area contributed by atoms with Crippen LogP contribution < -0.4 is 5.32 Å². The van der Waals surface area contributed by atoms with E-state index in [0.29, 0.717) is 5.92 Å². The van der Waals surface area contributed by atoms with Gasteiger partial charge in [-0.05, 0) is 43.6 Å². The quantitative estimate of drug-likeness (QED) is 0.778. The SMILES string of the molecule is CCCNC1(CC(=O)O)CC(C)CC(C)(C)C1. The van der Waals surface area contributed by atoms with Gasteiger partial charge in [-0.25, -0.2) is 0 Å². The third kappa shape index (κ3) is 4.30. The summed E-state index contributed by atoms with van der Waals surface area (Å²) in [6.45, 7) is 9.79. The van der Waals surface area contributed by atoms with Crippen molar-refractivity contribution in [3.05, 3.63) is 0 Å². The van der Waals surface area contributed by atoms with Gasteiger partial charge in [-0.2, -0.15) is 0 Å². The molecule has 0 heterocycles. The molecule has 3 heteroatoms. The Morgan fingerprint density at radius 3 is 2.53 bits per heavy atom. The fourth-order valence-electron chi connectivity index (χ4n) is 3.75. The van der Waals surface area contributed by atoms with Crippen molar-refractivity contribution in [2.45, 2.75) is 65.3 Å². The molecule has 0 amide bonds. The first-order chi connectivity index (χ1) is 7.79. The highest BCUT2D eigenvalue weighted by Gasteiger charge is 2.43. The van der Waals surface area contributed by atoms with Crippen LogP contribution in [0.3, 0.4) is 0 Å². The van der Waals surface area contributed by atoms with Gasteiger partial charge in [0.1, 0.15) is 0 Å². The van der Waals surface area contributed by atoms with E-state index in [0.717, 1.165) is 25.8 Å². The predicted molar refractivity (Wildman–Crippen MR) is 70.1 cm³/mol. The van der Waals surface area contributed by atoms with Crippen LogP contribution >= 0.6 is 0 Å². The van der Waals surface area contributed by atoms with E-state index in [4.69, 9.17) is 5.11 Å². The Bertz CT molecular complexity index is 275. The molecule has 2 atom stereocenters. The number of rotatable bonds is 5. The van der Waals surface area contributed by atoms with Crippen LogP contribution in [0.25, 0.3) is 0 Å². The van der Waals surface area contributed by atoms with Crippen LogP contribution in [0.5, 0.6) is 0 Å². The maximum Gasteiger partial charge on any atom is 0.305 e. The van der Waals surface area contributed by atoms with Crippen molar-refractivity contribution < 1.29 is 9.90 Å². The molecule has 3 nitrogen and oxygen atoms in total. The molecule has 0 aromatic carbocycles. The van der Waals surface area contributed by atoms with E-state index in [1.165, 1.54) is 6.42 Å². The van der Waals surface area contributed by atoms with E-state index >= 15 is 0 Å². The maximum absolute atomic E-state index is 11.1. The number of aliphatic carboxylic acids is 1. The van der Waals surface area contributed by atoms with E-state index in [2.05, 4.69) is 33.0 Å². The lowest BCUT2D eigenvalue weighted by atomic mass is 9.63. The zero-order valence-electron chi connectivity index (χ0n) is 11.7. The minimum atomic E-state index is -0.682. The maximum atomic E-state index is 11.1. The minimum Gasteiger partial charge on any atom is -0.481 e. The Labute approximate surface area is 105 Å². The van der Waals surface area contributed by atoms with Crippen LogP contribution in [-0.2, 0) is 4.79 Å². The van der Waals surface area contributed by atoms with Gasteiger partial charge in [0.15, 0.2) is 0 Å². The Morgan fingerprint density at radius 2 is 2.06 bits per heavy atom. The second kappa shape index (κ2) is 5.38. The van der Waals surface area contributed by atoms with Crippen LogP contribution in [0.1, 0.15) is 59.8 Å². The average Bonchev–Trinajstić information content (AvgIpc) is 2.09. The molecular formula is C14H27NO2. The second-order valence-corrected chi connectivity index (χ2v) is 6.63. The van der Waals surface area contributed by atoms with E-state index in [-0.39, 0.29) is 17.4 Å². The summed E-state index contributed by atoms with van der Waals surface area (Å²) in [6.07, 6.45) is 4.46. The lowest BCUT2D eigenvalue weighted by Gasteiger charge is -2.47. The average molecular weight is 241 g/mol. The minimum absolute atomic E-state index is 0.191. The molecule has 1 rings (SSSR count). The monoisotopic (exact) mass is 241 g/mol. The van der Waals surface area contributed by atoms with Crippen molar-refractivity contribution >= 4 is 5.97 Å². The van der Waals surface area contributed by atoms with Crippen LogP contribution in [-0.4, -0.2) is 23.2 Å². The molecule has 100 valence electrons. The topological polar surface area (TPSA) is 49.3 Å². The van der Waals surface area contributed by atoms with Crippen molar-refractivity contribution in [2.24, 2.45) is 11.3 Å². The summed E-state index contributed by atoms with van der Waals surface area (Å²) in [7, 11) is 0. The highest BCUT2D eigenvalue weighted by Crippen LogP contribution is 2.45. The number of nitrogens with one attached hydrogen (secondary N) is 1. The molecule has 0 radical (unpaired) electrons. The Kier molecular flexibility index (Phi) is 4.59.